The molecule has 0 saturated heterocycles. The Morgan fingerprint density at radius 2 is 1.83 bits per heavy atom. The highest BCUT2D eigenvalue weighted by atomic mass is 16.5. The quantitative estimate of drug-likeness (QED) is 0.771. The molecule has 1 amide bonds. The molecule has 0 aliphatic carbocycles. The summed E-state index contributed by atoms with van der Waals surface area (Å²) in [6, 6.07) is 3.20. The summed E-state index contributed by atoms with van der Waals surface area (Å²) < 4.78 is 15.5. The van der Waals surface area contributed by atoms with Crippen LogP contribution >= 0.6 is 0 Å². The number of hydrogen-bond acceptors (Lipinski definition) is 5. The van der Waals surface area contributed by atoms with Crippen molar-refractivity contribution in [3.63, 3.8) is 0 Å². The number of carbonyl (C=O) groups excluding carboxylic acids is 1. The van der Waals surface area contributed by atoms with Gasteiger partial charge in [-0.2, -0.15) is 0 Å². The van der Waals surface area contributed by atoms with Gasteiger partial charge in [0.15, 0.2) is 11.5 Å². The normalized spacial score (nSPS) is 9.78. The van der Waals surface area contributed by atoms with Crippen LogP contribution in [-0.4, -0.2) is 45.5 Å². The van der Waals surface area contributed by atoms with Gasteiger partial charge in [-0.1, -0.05) is 0 Å². The van der Waals surface area contributed by atoms with Gasteiger partial charge in [-0.25, -0.2) is 0 Å². The second-order valence-electron chi connectivity index (χ2n) is 3.36. The molecule has 6 nitrogen and oxygen atoms in total. The molecule has 1 rings (SSSR count). The van der Waals surface area contributed by atoms with Gasteiger partial charge in [0, 0.05) is 6.54 Å². The van der Waals surface area contributed by atoms with Crippen LogP contribution in [0.5, 0.6) is 17.2 Å². The number of amides is 1. The van der Waals surface area contributed by atoms with Crippen LogP contribution in [0.1, 0.15) is 10.4 Å². The molecule has 0 aliphatic rings. The first-order valence-corrected chi connectivity index (χ1v) is 5.37. The van der Waals surface area contributed by atoms with Crippen LogP contribution in [-0.2, 0) is 0 Å². The number of aliphatic hydroxyl groups is 1. The van der Waals surface area contributed by atoms with Crippen molar-refractivity contribution >= 4 is 5.91 Å². The number of aliphatic hydroxyl groups excluding tert-OH is 1. The summed E-state index contributed by atoms with van der Waals surface area (Å²) in [5.41, 5.74) is 0.323. The monoisotopic (exact) mass is 255 g/mol. The molecule has 0 heterocycles. The molecule has 18 heavy (non-hydrogen) atoms. The summed E-state index contributed by atoms with van der Waals surface area (Å²) in [7, 11) is 4.42. The molecule has 0 atom stereocenters. The first kappa shape index (κ1) is 14.1. The lowest BCUT2D eigenvalue weighted by Gasteiger charge is -2.15. The number of hydrogen-bond donors (Lipinski definition) is 2. The Bertz CT molecular complexity index is 419. The van der Waals surface area contributed by atoms with Gasteiger partial charge in [-0.05, 0) is 12.1 Å². The largest absolute Gasteiger partial charge is 0.493 e. The van der Waals surface area contributed by atoms with Crippen LogP contribution in [0.4, 0.5) is 0 Å². The van der Waals surface area contributed by atoms with Crippen molar-refractivity contribution in [3.8, 4) is 17.2 Å². The van der Waals surface area contributed by atoms with Crippen molar-refractivity contribution in [3.05, 3.63) is 17.7 Å². The predicted molar refractivity (Wildman–Crippen MR) is 65.5 cm³/mol. The minimum Gasteiger partial charge on any atom is -0.493 e. The topological polar surface area (TPSA) is 77.0 Å². The first-order chi connectivity index (χ1) is 8.69. The van der Waals surface area contributed by atoms with Crippen LogP contribution in [0.3, 0.4) is 0 Å². The van der Waals surface area contributed by atoms with Crippen molar-refractivity contribution in [2.75, 3.05) is 34.5 Å². The molecular weight excluding hydrogens is 238 g/mol. The second kappa shape index (κ2) is 6.70. The Labute approximate surface area is 105 Å². The molecule has 6 heteroatoms. The number of ether oxygens (including phenoxy) is 3. The lowest BCUT2D eigenvalue weighted by Crippen LogP contribution is -2.26. The molecule has 0 saturated carbocycles. The summed E-state index contributed by atoms with van der Waals surface area (Å²) in [4.78, 5) is 11.9. The third-order valence-corrected chi connectivity index (χ3v) is 2.35. The van der Waals surface area contributed by atoms with E-state index in [1.165, 1.54) is 21.3 Å². The third-order valence-electron chi connectivity index (χ3n) is 2.35. The second-order valence-corrected chi connectivity index (χ2v) is 3.36. The highest BCUT2D eigenvalue weighted by molar-refractivity contribution is 5.98. The van der Waals surface area contributed by atoms with E-state index in [1.54, 1.807) is 12.1 Å². The number of carbonyl (C=O) groups is 1. The smallest absolute Gasteiger partial charge is 0.255 e. The summed E-state index contributed by atoms with van der Waals surface area (Å²) in [6.45, 7) is 0.0533. The van der Waals surface area contributed by atoms with Crippen LogP contribution < -0.4 is 19.5 Å². The van der Waals surface area contributed by atoms with E-state index >= 15 is 0 Å². The van der Waals surface area contributed by atoms with E-state index in [9.17, 15) is 4.79 Å². The van der Waals surface area contributed by atoms with Crippen LogP contribution in [0, 0.1) is 0 Å². The summed E-state index contributed by atoms with van der Waals surface area (Å²) >= 11 is 0. The van der Waals surface area contributed by atoms with Gasteiger partial charge in [-0.15, -0.1) is 0 Å². The zero-order valence-electron chi connectivity index (χ0n) is 10.6. The minimum atomic E-state index is -0.346. The first-order valence-electron chi connectivity index (χ1n) is 5.37. The van der Waals surface area contributed by atoms with E-state index in [4.69, 9.17) is 19.3 Å². The van der Waals surface area contributed by atoms with Crippen LogP contribution in [0.2, 0.25) is 0 Å². The maximum absolute atomic E-state index is 11.9. The van der Waals surface area contributed by atoms with Gasteiger partial charge in [0.05, 0.1) is 33.5 Å². The summed E-state index contributed by atoms with van der Waals surface area (Å²) in [6.07, 6.45) is 0. The molecule has 0 radical (unpaired) electrons. The molecule has 0 spiro atoms. The van der Waals surface area contributed by atoms with E-state index in [-0.39, 0.29) is 19.1 Å². The predicted octanol–water partition coefficient (Wildman–Crippen LogP) is 0.435. The van der Waals surface area contributed by atoms with E-state index in [1.807, 2.05) is 0 Å². The number of nitrogens with one attached hydrogen (secondary N) is 1. The number of benzene rings is 1. The van der Waals surface area contributed by atoms with Gasteiger partial charge in [0.2, 0.25) is 5.75 Å². The Kier molecular flexibility index (Phi) is 5.26. The highest BCUT2D eigenvalue weighted by Gasteiger charge is 2.20. The van der Waals surface area contributed by atoms with Crippen molar-refractivity contribution in [1.29, 1.82) is 0 Å². The molecule has 100 valence electrons. The average Bonchev–Trinajstić information content (AvgIpc) is 2.42. The maximum Gasteiger partial charge on any atom is 0.255 e. The third kappa shape index (κ3) is 2.84. The fourth-order valence-electron chi connectivity index (χ4n) is 1.54. The molecule has 0 fully saturated rings. The maximum atomic E-state index is 11.9. The van der Waals surface area contributed by atoms with E-state index in [0.717, 1.165) is 0 Å². The lowest BCUT2D eigenvalue weighted by atomic mass is 10.1. The Balaban J connectivity index is 3.16. The highest BCUT2D eigenvalue weighted by Crippen LogP contribution is 2.39. The molecule has 0 aliphatic heterocycles. The number of methoxy groups -OCH3 is 3. The molecule has 0 unspecified atom stereocenters. The fourth-order valence-corrected chi connectivity index (χ4v) is 1.54. The Morgan fingerprint density at radius 1 is 1.17 bits per heavy atom. The van der Waals surface area contributed by atoms with Gasteiger partial charge >= 0.3 is 0 Å². The zero-order chi connectivity index (χ0) is 13.5. The molecule has 1 aromatic rings. The Hall–Kier alpha value is -1.95. The molecule has 0 bridgehead atoms. The molecule has 2 N–H and O–H groups in total. The van der Waals surface area contributed by atoms with E-state index in [2.05, 4.69) is 5.32 Å². The van der Waals surface area contributed by atoms with Gasteiger partial charge in [0.1, 0.15) is 0 Å². The van der Waals surface area contributed by atoms with Crippen molar-refractivity contribution in [2.24, 2.45) is 0 Å². The number of rotatable bonds is 6. The van der Waals surface area contributed by atoms with Crippen LogP contribution in [0.25, 0.3) is 0 Å². The lowest BCUT2D eigenvalue weighted by molar-refractivity contribution is 0.0941. The fraction of sp³-hybridized carbons (Fsp3) is 0.417. The minimum absolute atomic E-state index is 0.124. The van der Waals surface area contributed by atoms with Gasteiger partial charge in [0.25, 0.3) is 5.91 Å². The Morgan fingerprint density at radius 3 is 2.33 bits per heavy atom. The molecule has 0 aromatic heterocycles. The van der Waals surface area contributed by atoms with E-state index < -0.39 is 0 Å². The van der Waals surface area contributed by atoms with E-state index in [0.29, 0.717) is 22.8 Å². The van der Waals surface area contributed by atoms with Gasteiger partial charge in [-0.3, -0.25) is 4.79 Å². The van der Waals surface area contributed by atoms with Crippen molar-refractivity contribution in [1.82, 2.24) is 5.32 Å². The summed E-state index contributed by atoms with van der Waals surface area (Å²) in [5, 5.41) is 11.2. The standard InChI is InChI=1S/C12H17NO5/c1-16-9-5-4-8(12(15)13-6-7-14)10(17-2)11(9)18-3/h4-5,14H,6-7H2,1-3H3,(H,13,15). The van der Waals surface area contributed by atoms with Gasteiger partial charge < -0.3 is 24.6 Å². The zero-order valence-corrected chi connectivity index (χ0v) is 10.6. The van der Waals surface area contributed by atoms with Crippen molar-refractivity contribution < 1.29 is 24.1 Å². The van der Waals surface area contributed by atoms with Crippen LogP contribution in [0.15, 0.2) is 12.1 Å². The molecule has 1 aromatic carbocycles. The summed E-state index contributed by atoms with van der Waals surface area (Å²) in [5.74, 6) is 0.791. The average molecular weight is 255 g/mol. The van der Waals surface area contributed by atoms with Crippen molar-refractivity contribution in [2.45, 2.75) is 0 Å². The SMILES string of the molecule is COc1ccc(C(=O)NCCO)c(OC)c1OC. The molecular formula is C12H17NO5.